The molecular formula is C26H33N3O2. The molecule has 31 heavy (non-hydrogen) atoms. The molecule has 1 aliphatic carbocycles. The first kappa shape index (κ1) is 20.5. The number of carbonyl (C=O) groups is 1. The monoisotopic (exact) mass is 419 g/mol. The zero-order chi connectivity index (χ0) is 21.2. The summed E-state index contributed by atoms with van der Waals surface area (Å²) < 4.78 is 1.94. The van der Waals surface area contributed by atoms with Gasteiger partial charge in [0.15, 0.2) is 0 Å². The maximum absolute atomic E-state index is 13.2. The van der Waals surface area contributed by atoms with Crippen LogP contribution in [0.5, 0.6) is 0 Å². The van der Waals surface area contributed by atoms with E-state index in [0.717, 1.165) is 36.8 Å². The van der Waals surface area contributed by atoms with Crippen LogP contribution in [0.4, 0.5) is 5.69 Å². The Morgan fingerprint density at radius 3 is 2.58 bits per heavy atom. The molecule has 3 aliphatic rings. The van der Waals surface area contributed by atoms with Crippen LogP contribution in [0, 0.1) is 11.8 Å². The number of likely N-dealkylation sites (tertiary alicyclic amines) is 1. The van der Waals surface area contributed by atoms with Crippen LogP contribution in [0.2, 0.25) is 0 Å². The molecule has 2 fully saturated rings. The van der Waals surface area contributed by atoms with Gasteiger partial charge in [0.2, 0.25) is 5.91 Å². The molecule has 1 saturated heterocycles. The number of hydrogen-bond acceptors (Lipinski definition) is 3. The summed E-state index contributed by atoms with van der Waals surface area (Å²) >= 11 is 0. The molecule has 0 radical (unpaired) electrons. The molecule has 3 heterocycles. The third-order valence-electron chi connectivity index (χ3n) is 7.40. The van der Waals surface area contributed by atoms with E-state index in [2.05, 4.69) is 16.3 Å². The molecule has 2 aromatic rings. The second kappa shape index (κ2) is 8.99. The van der Waals surface area contributed by atoms with Gasteiger partial charge in [-0.2, -0.15) is 0 Å². The van der Waals surface area contributed by atoms with E-state index in [1.807, 2.05) is 41.0 Å². The van der Waals surface area contributed by atoms with Crippen LogP contribution in [0.25, 0.3) is 0 Å². The average molecular weight is 420 g/mol. The fourth-order valence-corrected chi connectivity index (χ4v) is 6.00. The van der Waals surface area contributed by atoms with Gasteiger partial charge in [-0.1, -0.05) is 49.6 Å². The first-order valence-corrected chi connectivity index (χ1v) is 12.0. The molecule has 1 saturated carbocycles. The lowest BCUT2D eigenvalue weighted by Crippen LogP contribution is -2.48. The van der Waals surface area contributed by atoms with Gasteiger partial charge in [0.25, 0.3) is 5.56 Å². The largest absolute Gasteiger partial charge is 0.321 e. The van der Waals surface area contributed by atoms with Crippen LogP contribution >= 0.6 is 0 Å². The molecule has 164 valence electrons. The number of carbonyl (C=O) groups excluding carboxylic acids is 1. The van der Waals surface area contributed by atoms with Gasteiger partial charge in [0, 0.05) is 37.8 Å². The number of rotatable bonds is 5. The van der Waals surface area contributed by atoms with Crippen LogP contribution in [0.3, 0.4) is 0 Å². The minimum atomic E-state index is -0.140. The lowest BCUT2D eigenvalue weighted by atomic mass is 9.81. The summed E-state index contributed by atoms with van der Waals surface area (Å²) in [5.74, 6) is 1.68. The first-order chi connectivity index (χ1) is 15.2. The highest BCUT2D eigenvalue weighted by Gasteiger charge is 2.35. The minimum absolute atomic E-state index is 0.0469. The van der Waals surface area contributed by atoms with Crippen LogP contribution < -0.4 is 10.9 Å². The Balaban J connectivity index is 1.28. The number of pyridine rings is 1. The smallest absolute Gasteiger partial charge is 0.274 e. The number of amides is 1. The molecule has 2 aliphatic heterocycles. The van der Waals surface area contributed by atoms with Crippen LogP contribution in [-0.4, -0.2) is 35.0 Å². The predicted octanol–water partition coefficient (Wildman–Crippen LogP) is 4.03. The van der Waals surface area contributed by atoms with Gasteiger partial charge in [-0.25, -0.2) is 0 Å². The second-order valence-electron chi connectivity index (χ2n) is 9.82. The van der Waals surface area contributed by atoms with Gasteiger partial charge < -0.3 is 14.8 Å². The maximum atomic E-state index is 13.2. The van der Waals surface area contributed by atoms with Crippen molar-refractivity contribution in [2.45, 2.75) is 57.4 Å². The Bertz CT molecular complexity index is 978. The Hall–Kier alpha value is -2.40. The van der Waals surface area contributed by atoms with Gasteiger partial charge >= 0.3 is 0 Å². The molecule has 1 aromatic carbocycles. The van der Waals surface area contributed by atoms with E-state index in [0.29, 0.717) is 17.5 Å². The number of fused-ring (bicyclic) bond motifs is 4. The fraction of sp³-hybridized carbons (Fsp3) is 0.538. The van der Waals surface area contributed by atoms with Gasteiger partial charge in [-0.05, 0) is 48.8 Å². The quantitative estimate of drug-likeness (QED) is 0.796. The lowest BCUT2D eigenvalue weighted by Gasteiger charge is -2.44. The molecule has 1 aromatic heterocycles. The van der Waals surface area contributed by atoms with Crippen molar-refractivity contribution in [2.75, 3.05) is 25.0 Å². The predicted molar refractivity (Wildman–Crippen MR) is 123 cm³/mol. The zero-order valence-corrected chi connectivity index (χ0v) is 18.3. The molecule has 2 bridgehead atoms. The molecule has 5 heteroatoms. The van der Waals surface area contributed by atoms with Crippen LogP contribution in [0.1, 0.15) is 55.7 Å². The lowest BCUT2D eigenvalue weighted by molar-refractivity contribution is -0.115. The molecule has 1 N–H and O–H groups in total. The normalized spacial score (nSPS) is 23.9. The Kier molecular flexibility index (Phi) is 5.95. The summed E-state index contributed by atoms with van der Waals surface area (Å²) in [6, 6.07) is 13.5. The van der Waals surface area contributed by atoms with Crippen LogP contribution in [0.15, 0.2) is 47.3 Å². The fourth-order valence-electron chi connectivity index (χ4n) is 6.00. The molecule has 0 spiro atoms. The highest BCUT2D eigenvalue weighted by molar-refractivity contribution is 5.92. The first-order valence-electron chi connectivity index (χ1n) is 12.0. The number of aromatic nitrogens is 1. The second-order valence-corrected chi connectivity index (χ2v) is 9.82. The Labute approximate surface area is 184 Å². The Morgan fingerprint density at radius 1 is 0.968 bits per heavy atom. The Morgan fingerprint density at radius 2 is 1.77 bits per heavy atom. The van der Waals surface area contributed by atoms with Crippen molar-refractivity contribution in [1.29, 1.82) is 0 Å². The van der Waals surface area contributed by atoms with Gasteiger partial charge in [0.1, 0.15) is 5.69 Å². The van der Waals surface area contributed by atoms with Crippen molar-refractivity contribution in [3.8, 4) is 0 Å². The molecule has 1 amide bonds. The number of nitrogens with one attached hydrogen (secondary N) is 1. The van der Waals surface area contributed by atoms with Gasteiger partial charge in [-0.3, -0.25) is 9.59 Å². The summed E-state index contributed by atoms with van der Waals surface area (Å²) in [7, 11) is 0. The summed E-state index contributed by atoms with van der Waals surface area (Å²) in [5.41, 5.74) is 2.46. The summed E-state index contributed by atoms with van der Waals surface area (Å²) in [5, 5.41) is 2.85. The van der Waals surface area contributed by atoms with E-state index in [4.69, 9.17) is 0 Å². The van der Waals surface area contributed by atoms with E-state index in [-0.39, 0.29) is 17.9 Å². The molecule has 0 unspecified atom stereocenters. The highest BCUT2D eigenvalue weighted by atomic mass is 16.2. The number of anilines is 1. The van der Waals surface area contributed by atoms with Gasteiger partial charge in [0.05, 0.1) is 6.42 Å². The van der Waals surface area contributed by atoms with Crippen molar-refractivity contribution in [1.82, 2.24) is 9.47 Å². The number of nitrogens with zero attached hydrogens (tertiary/aromatic N) is 2. The van der Waals surface area contributed by atoms with E-state index in [1.165, 1.54) is 45.1 Å². The third kappa shape index (κ3) is 4.62. The van der Waals surface area contributed by atoms with Crippen LogP contribution in [-0.2, 0) is 17.8 Å². The molecular weight excluding hydrogens is 386 g/mol. The highest BCUT2D eigenvalue weighted by Crippen LogP contribution is 2.36. The molecule has 5 nitrogen and oxygen atoms in total. The topological polar surface area (TPSA) is 54.3 Å². The van der Waals surface area contributed by atoms with Gasteiger partial charge in [-0.15, -0.1) is 0 Å². The maximum Gasteiger partial charge on any atom is 0.274 e. The molecule has 2 atom stereocenters. The van der Waals surface area contributed by atoms with E-state index < -0.39 is 0 Å². The van der Waals surface area contributed by atoms with Crippen molar-refractivity contribution in [3.05, 3.63) is 64.1 Å². The van der Waals surface area contributed by atoms with Crippen molar-refractivity contribution < 1.29 is 4.79 Å². The van der Waals surface area contributed by atoms with E-state index in [9.17, 15) is 9.59 Å². The summed E-state index contributed by atoms with van der Waals surface area (Å²) in [6.45, 7) is 4.16. The summed E-state index contributed by atoms with van der Waals surface area (Å²) in [6.07, 6.45) is 8.42. The third-order valence-corrected chi connectivity index (χ3v) is 7.40. The molecule has 5 rings (SSSR count). The standard InChI is InChI=1S/C26H33N3O2/c30-25(14-19-7-3-1-4-8-19)27-23-11-12-24-22-13-21(17-29(24)26(23)31)16-28(18-22)15-20-9-5-2-6-10-20/h1,3-4,7-8,11-12,20-22H,2,5-6,9-10,13-18H2,(H,27,30)/t21-,22-/m1/s1. The summed E-state index contributed by atoms with van der Waals surface area (Å²) in [4.78, 5) is 28.3. The SMILES string of the molecule is O=C(Cc1ccccc1)Nc1ccc2n(c1=O)C[C@@H]1C[C@@H]2CN(CC2CCCCC2)C1. The van der Waals surface area contributed by atoms with Crippen molar-refractivity contribution in [2.24, 2.45) is 11.8 Å². The zero-order valence-electron chi connectivity index (χ0n) is 18.3. The minimum Gasteiger partial charge on any atom is -0.321 e. The van der Waals surface area contributed by atoms with Crippen molar-refractivity contribution >= 4 is 11.6 Å². The van der Waals surface area contributed by atoms with E-state index in [1.54, 1.807) is 0 Å². The number of hydrogen-bond donors (Lipinski definition) is 1. The average Bonchev–Trinajstić information content (AvgIpc) is 2.77. The van der Waals surface area contributed by atoms with Crippen molar-refractivity contribution in [3.63, 3.8) is 0 Å². The number of benzene rings is 1. The number of piperidine rings is 1. The van der Waals surface area contributed by atoms with E-state index >= 15 is 0 Å².